The fourth-order valence-corrected chi connectivity index (χ4v) is 2.62. The molecule has 0 spiro atoms. The maximum atomic E-state index is 11.1. The van der Waals surface area contributed by atoms with Gasteiger partial charge in [0, 0.05) is 31.4 Å². The third-order valence-corrected chi connectivity index (χ3v) is 3.70. The molecule has 1 unspecified atom stereocenters. The van der Waals surface area contributed by atoms with E-state index >= 15 is 0 Å². The highest BCUT2D eigenvalue weighted by Crippen LogP contribution is 2.26. The summed E-state index contributed by atoms with van der Waals surface area (Å²) >= 11 is 0. The molecule has 1 N–H and O–H groups in total. The Morgan fingerprint density at radius 3 is 2.75 bits per heavy atom. The first-order valence-electron chi connectivity index (χ1n) is 7.01. The van der Waals surface area contributed by atoms with Crippen molar-refractivity contribution >= 4 is 11.8 Å². The van der Waals surface area contributed by atoms with Crippen molar-refractivity contribution in [1.82, 2.24) is 4.90 Å². The number of piperazine rings is 1. The van der Waals surface area contributed by atoms with E-state index in [1.54, 1.807) is 0 Å². The molecule has 1 aliphatic rings. The predicted molar refractivity (Wildman–Crippen MR) is 78.8 cm³/mol. The number of anilines is 1. The third kappa shape index (κ3) is 2.98. The van der Waals surface area contributed by atoms with E-state index in [9.17, 15) is 4.79 Å². The van der Waals surface area contributed by atoms with Gasteiger partial charge in [0.05, 0.1) is 6.61 Å². The van der Waals surface area contributed by atoms with Gasteiger partial charge in [0.2, 0.25) is 0 Å². The highest BCUT2D eigenvalue weighted by molar-refractivity contribution is 5.66. The zero-order chi connectivity index (χ0) is 14.7. The predicted octanol–water partition coefficient (Wildman–Crippen LogP) is 2.58. The molecule has 20 heavy (non-hydrogen) atoms. The minimum atomic E-state index is -0.833. The molecule has 1 fully saturated rings. The molecule has 0 bridgehead atoms. The van der Waals surface area contributed by atoms with Gasteiger partial charge in [-0.05, 0) is 44.5 Å². The Morgan fingerprint density at radius 1 is 1.45 bits per heavy atom. The SMILES string of the molecule is CCOc1ccc(N2CCN(C(=O)O)C(C)C2)cc1C. The first-order chi connectivity index (χ1) is 9.52. The van der Waals surface area contributed by atoms with Crippen LogP contribution in [-0.4, -0.2) is 48.4 Å². The quantitative estimate of drug-likeness (QED) is 0.923. The first-order valence-corrected chi connectivity index (χ1v) is 7.01. The smallest absolute Gasteiger partial charge is 0.407 e. The molecule has 1 aliphatic heterocycles. The summed E-state index contributed by atoms with van der Waals surface area (Å²) in [7, 11) is 0. The van der Waals surface area contributed by atoms with Gasteiger partial charge in [0.1, 0.15) is 5.75 Å². The number of aryl methyl sites for hydroxylation is 1. The van der Waals surface area contributed by atoms with Crippen LogP contribution in [0.3, 0.4) is 0 Å². The second-order valence-electron chi connectivity index (χ2n) is 5.15. The molecule has 0 saturated carbocycles. The van der Waals surface area contributed by atoms with Gasteiger partial charge >= 0.3 is 6.09 Å². The molecule has 0 aliphatic carbocycles. The molecule has 110 valence electrons. The number of carbonyl (C=O) groups is 1. The van der Waals surface area contributed by atoms with E-state index < -0.39 is 6.09 Å². The summed E-state index contributed by atoms with van der Waals surface area (Å²) < 4.78 is 5.54. The fraction of sp³-hybridized carbons (Fsp3) is 0.533. The summed E-state index contributed by atoms with van der Waals surface area (Å²) in [6.45, 7) is 8.61. The molecule has 1 amide bonds. The van der Waals surface area contributed by atoms with Gasteiger partial charge in [0.15, 0.2) is 0 Å². The Labute approximate surface area is 119 Å². The zero-order valence-corrected chi connectivity index (χ0v) is 12.3. The first kappa shape index (κ1) is 14.5. The van der Waals surface area contributed by atoms with Crippen molar-refractivity contribution in [2.45, 2.75) is 26.8 Å². The zero-order valence-electron chi connectivity index (χ0n) is 12.3. The average Bonchev–Trinajstić information content (AvgIpc) is 2.40. The van der Waals surface area contributed by atoms with Crippen molar-refractivity contribution in [3.63, 3.8) is 0 Å². The lowest BCUT2D eigenvalue weighted by Gasteiger charge is -2.39. The molecule has 1 aromatic carbocycles. The summed E-state index contributed by atoms with van der Waals surface area (Å²) in [5.41, 5.74) is 2.24. The Morgan fingerprint density at radius 2 is 2.20 bits per heavy atom. The number of amides is 1. The van der Waals surface area contributed by atoms with Gasteiger partial charge in [-0.3, -0.25) is 0 Å². The van der Waals surface area contributed by atoms with Crippen LogP contribution >= 0.6 is 0 Å². The van der Waals surface area contributed by atoms with E-state index in [-0.39, 0.29) is 6.04 Å². The van der Waals surface area contributed by atoms with Gasteiger partial charge in [0.25, 0.3) is 0 Å². The number of hydrogen-bond acceptors (Lipinski definition) is 3. The van der Waals surface area contributed by atoms with Crippen LogP contribution in [0.5, 0.6) is 5.75 Å². The molecule has 5 heteroatoms. The average molecular weight is 278 g/mol. The lowest BCUT2D eigenvalue weighted by Crippen LogP contribution is -2.53. The van der Waals surface area contributed by atoms with E-state index in [0.29, 0.717) is 13.2 Å². The van der Waals surface area contributed by atoms with Gasteiger partial charge in [-0.25, -0.2) is 4.79 Å². The maximum absolute atomic E-state index is 11.1. The van der Waals surface area contributed by atoms with Crippen LogP contribution in [0, 0.1) is 6.92 Å². The van der Waals surface area contributed by atoms with E-state index in [0.717, 1.165) is 30.1 Å². The highest BCUT2D eigenvalue weighted by atomic mass is 16.5. The molecule has 0 radical (unpaired) electrons. The number of ether oxygens (including phenoxy) is 1. The van der Waals surface area contributed by atoms with Crippen molar-refractivity contribution < 1.29 is 14.6 Å². The number of carboxylic acid groups (broad SMARTS) is 1. The van der Waals surface area contributed by atoms with Crippen molar-refractivity contribution in [3.8, 4) is 5.75 Å². The van der Waals surface area contributed by atoms with Crippen molar-refractivity contribution in [1.29, 1.82) is 0 Å². The number of nitrogens with zero attached hydrogens (tertiary/aromatic N) is 2. The molecule has 1 atom stereocenters. The van der Waals surface area contributed by atoms with Crippen molar-refractivity contribution in [2.75, 3.05) is 31.1 Å². The Hall–Kier alpha value is -1.91. The highest BCUT2D eigenvalue weighted by Gasteiger charge is 2.27. The van der Waals surface area contributed by atoms with E-state index in [2.05, 4.69) is 11.0 Å². The van der Waals surface area contributed by atoms with Gasteiger partial charge in [-0.2, -0.15) is 0 Å². The Bertz CT molecular complexity index is 490. The molecule has 2 rings (SSSR count). The van der Waals surface area contributed by atoms with Gasteiger partial charge in [-0.15, -0.1) is 0 Å². The van der Waals surface area contributed by atoms with Crippen LogP contribution in [-0.2, 0) is 0 Å². The minimum absolute atomic E-state index is 0.00752. The van der Waals surface area contributed by atoms with Crippen molar-refractivity contribution in [2.24, 2.45) is 0 Å². The summed E-state index contributed by atoms with van der Waals surface area (Å²) in [5, 5.41) is 9.10. The van der Waals surface area contributed by atoms with E-state index in [1.165, 1.54) is 4.90 Å². The van der Waals surface area contributed by atoms with Gasteiger partial charge < -0.3 is 19.6 Å². The molecule has 0 aromatic heterocycles. The summed E-state index contributed by atoms with van der Waals surface area (Å²) in [5.74, 6) is 0.911. The number of rotatable bonds is 3. The minimum Gasteiger partial charge on any atom is -0.494 e. The molecule has 1 aromatic rings. The summed E-state index contributed by atoms with van der Waals surface area (Å²) in [4.78, 5) is 14.8. The third-order valence-electron chi connectivity index (χ3n) is 3.70. The fourth-order valence-electron chi connectivity index (χ4n) is 2.62. The maximum Gasteiger partial charge on any atom is 0.407 e. The Balaban J connectivity index is 2.10. The molecular formula is C15H22N2O3. The lowest BCUT2D eigenvalue weighted by atomic mass is 10.1. The molecule has 1 saturated heterocycles. The van der Waals surface area contributed by atoms with Crippen LogP contribution in [0.25, 0.3) is 0 Å². The molecule has 1 heterocycles. The number of hydrogen-bond donors (Lipinski definition) is 1. The molecule has 5 nitrogen and oxygen atoms in total. The Kier molecular flexibility index (Phi) is 4.37. The van der Waals surface area contributed by atoms with Gasteiger partial charge in [-0.1, -0.05) is 0 Å². The van der Waals surface area contributed by atoms with Crippen LogP contribution in [0.2, 0.25) is 0 Å². The summed E-state index contributed by atoms with van der Waals surface area (Å²) in [6.07, 6.45) is -0.833. The standard InChI is InChI=1S/C15H22N2O3/c1-4-20-14-6-5-13(9-11(14)2)16-7-8-17(15(18)19)12(3)10-16/h5-6,9,12H,4,7-8,10H2,1-3H3,(H,18,19). The molecular weight excluding hydrogens is 256 g/mol. The normalized spacial score (nSPS) is 19.1. The topological polar surface area (TPSA) is 53.0 Å². The second kappa shape index (κ2) is 6.03. The largest absolute Gasteiger partial charge is 0.494 e. The number of benzene rings is 1. The lowest BCUT2D eigenvalue weighted by molar-refractivity contribution is 0.122. The van der Waals surface area contributed by atoms with Crippen molar-refractivity contribution in [3.05, 3.63) is 23.8 Å². The van der Waals surface area contributed by atoms with E-state index in [1.807, 2.05) is 32.9 Å². The van der Waals surface area contributed by atoms with Crippen LogP contribution in [0.15, 0.2) is 18.2 Å². The van der Waals surface area contributed by atoms with E-state index in [4.69, 9.17) is 9.84 Å². The van der Waals surface area contributed by atoms with Crippen LogP contribution in [0.1, 0.15) is 19.4 Å². The summed E-state index contributed by atoms with van der Waals surface area (Å²) in [6, 6.07) is 6.14. The van der Waals surface area contributed by atoms with Crippen LogP contribution in [0.4, 0.5) is 10.5 Å². The monoisotopic (exact) mass is 278 g/mol. The van der Waals surface area contributed by atoms with Crippen LogP contribution < -0.4 is 9.64 Å². The second-order valence-corrected chi connectivity index (χ2v) is 5.15.